The lowest BCUT2D eigenvalue weighted by molar-refractivity contribution is 0.102. The van der Waals surface area contributed by atoms with Crippen molar-refractivity contribution in [3.8, 4) is 0 Å². The average Bonchev–Trinajstić information content (AvgIpc) is 2.49. The van der Waals surface area contributed by atoms with Gasteiger partial charge in [0.15, 0.2) is 0 Å². The minimum atomic E-state index is -0.337. The molecule has 0 aliphatic heterocycles. The van der Waals surface area contributed by atoms with Crippen LogP contribution < -0.4 is 16.0 Å². The molecule has 2 aromatic rings. The zero-order chi connectivity index (χ0) is 16.8. The van der Waals surface area contributed by atoms with Crippen LogP contribution in [0.1, 0.15) is 30.0 Å². The molecule has 0 saturated carbocycles. The largest absolute Gasteiger partial charge is 0.336 e. The number of aryl methyl sites for hydroxylation is 1. The summed E-state index contributed by atoms with van der Waals surface area (Å²) in [6.45, 7) is 5.56. The van der Waals surface area contributed by atoms with Crippen LogP contribution in [-0.4, -0.2) is 27.9 Å². The Hall–Kier alpha value is -2.96. The molecule has 7 heteroatoms. The first-order valence-electron chi connectivity index (χ1n) is 7.21. The fourth-order valence-electron chi connectivity index (χ4n) is 1.77. The molecule has 0 fully saturated rings. The van der Waals surface area contributed by atoms with Crippen molar-refractivity contribution in [1.29, 1.82) is 0 Å². The lowest BCUT2D eigenvalue weighted by atomic mass is 10.2. The third-order valence-corrected chi connectivity index (χ3v) is 2.83. The number of benzene rings is 1. The van der Waals surface area contributed by atoms with Crippen LogP contribution in [0.25, 0.3) is 0 Å². The van der Waals surface area contributed by atoms with Gasteiger partial charge in [-0.05, 0) is 45.0 Å². The number of urea groups is 1. The van der Waals surface area contributed by atoms with Gasteiger partial charge in [-0.2, -0.15) is 0 Å². The van der Waals surface area contributed by atoms with E-state index >= 15 is 0 Å². The van der Waals surface area contributed by atoms with Crippen LogP contribution in [0.2, 0.25) is 0 Å². The molecule has 7 nitrogen and oxygen atoms in total. The number of hydrogen-bond donors (Lipinski definition) is 3. The van der Waals surface area contributed by atoms with Gasteiger partial charge in [0.2, 0.25) is 0 Å². The van der Waals surface area contributed by atoms with Crippen molar-refractivity contribution >= 4 is 23.3 Å². The fourth-order valence-corrected chi connectivity index (χ4v) is 1.77. The lowest BCUT2D eigenvalue weighted by Gasteiger charge is -2.10. The average molecular weight is 313 g/mol. The van der Waals surface area contributed by atoms with E-state index in [0.29, 0.717) is 11.4 Å². The van der Waals surface area contributed by atoms with E-state index in [-0.39, 0.29) is 23.7 Å². The SMILES string of the molecule is Cc1cnc(C(=O)Nc2ccc(NC(=O)NC(C)C)cc2)cn1. The first-order chi connectivity index (χ1) is 10.9. The maximum Gasteiger partial charge on any atom is 0.319 e. The van der Waals surface area contributed by atoms with Gasteiger partial charge >= 0.3 is 6.03 Å². The highest BCUT2D eigenvalue weighted by Gasteiger charge is 2.08. The zero-order valence-corrected chi connectivity index (χ0v) is 13.3. The number of anilines is 2. The van der Waals surface area contributed by atoms with Gasteiger partial charge < -0.3 is 16.0 Å². The van der Waals surface area contributed by atoms with Crippen LogP contribution in [-0.2, 0) is 0 Å². The molecule has 0 aliphatic rings. The van der Waals surface area contributed by atoms with Crippen LogP contribution in [0, 0.1) is 6.92 Å². The zero-order valence-electron chi connectivity index (χ0n) is 13.3. The Morgan fingerprint density at radius 3 is 2.09 bits per heavy atom. The molecule has 0 aliphatic carbocycles. The van der Waals surface area contributed by atoms with Crippen LogP contribution >= 0.6 is 0 Å². The fraction of sp³-hybridized carbons (Fsp3) is 0.250. The highest BCUT2D eigenvalue weighted by molar-refractivity contribution is 6.02. The van der Waals surface area contributed by atoms with Gasteiger partial charge in [-0.1, -0.05) is 0 Å². The molecule has 3 N–H and O–H groups in total. The van der Waals surface area contributed by atoms with Crippen molar-refractivity contribution in [3.05, 3.63) is 48.0 Å². The molecule has 1 heterocycles. The molecule has 3 amide bonds. The number of nitrogens with one attached hydrogen (secondary N) is 3. The summed E-state index contributed by atoms with van der Waals surface area (Å²) in [6.07, 6.45) is 2.96. The van der Waals surface area contributed by atoms with Crippen molar-refractivity contribution < 1.29 is 9.59 Å². The van der Waals surface area contributed by atoms with E-state index in [0.717, 1.165) is 5.69 Å². The summed E-state index contributed by atoms with van der Waals surface area (Å²) in [6, 6.07) is 6.60. The van der Waals surface area contributed by atoms with Crippen molar-refractivity contribution in [2.24, 2.45) is 0 Å². The number of aromatic nitrogens is 2. The third kappa shape index (κ3) is 5.06. The maximum absolute atomic E-state index is 12.0. The smallest absolute Gasteiger partial charge is 0.319 e. The Kier molecular flexibility index (Phi) is 5.24. The minimum absolute atomic E-state index is 0.0594. The molecule has 0 atom stereocenters. The van der Waals surface area contributed by atoms with E-state index in [2.05, 4.69) is 25.9 Å². The van der Waals surface area contributed by atoms with E-state index in [9.17, 15) is 9.59 Å². The molecule has 0 spiro atoms. The second kappa shape index (κ2) is 7.35. The molecule has 0 saturated heterocycles. The molecular weight excluding hydrogens is 294 g/mol. The van der Waals surface area contributed by atoms with Crippen molar-refractivity contribution in [2.45, 2.75) is 26.8 Å². The Labute approximate surface area is 134 Å². The van der Waals surface area contributed by atoms with Gasteiger partial charge in [0, 0.05) is 23.6 Å². The number of hydrogen-bond acceptors (Lipinski definition) is 4. The normalized spacial score (nSPS) is 10.3. The van der Waals surface area contributed by atoms with Crippen LogP contribution in [0.15, 0.2) is 36.7 Å². The third-order valence-electron chi connectivity index (χ3n) is 2.83. The Bertz CT molecular complexity index is 681. The van der Waals surface area contributed by atoms with Gasteiger partial charge in [-0.25, -0.2) is 9.78 Å². The first-order valence-corrected chi connectivity index (χ1v) is 7.21. The van der Waals surface area contributed by atoms with Crippen LogP contribution in [0.5, 0.6) is 0 Å². The highest BCUT2D eigenvalue weighted by atomic mass is 16.2. The molecule has 1 aromatic carbocycles. The topological polar surface area (TPSA) is 96.0 Å². The summed E-state index contributed by atoms with van der Waals surface area (Å²) in [5, 5.41) is 8.16. The van der Waals surface area contributed by atoms with E-state index < -0.39 is 0 Å². The summed E-state index contributed by atoms with van der Waals surface area (Å²) in [5.41, 5.74) is 2.23. The molecular formula is C16H19N5O2. The first kappa shape index (κ1) is 16.4. The van der Waals surface area contributed by atoms with Crippen molar-refractivity contribution in [2.75, 3.05) is 10.6 Å². The molecule has 0 bridgehead atoms. The Morgan fingerprint density at radius 1 is 0.957 bits per heavy atom. The summed E-state index contributed by atoms with van der Waals surface area (Å²) in [7, 11) is 0. The number of rotatable bonds is 4. The molecule has 0 unspecified atom stereocenters. The maximum atomic E-state index is 12.0. The number of nitrogens with zero attached hydrogens (tertiary/aromatic N) is 2. The molecule has 120 valence electrons. The van der Waals surface area contributed by atoms with Crippen molar-refractivity contribution in [3.63, 3.8) is 0 Å². The quantitative estimate of drug-likeness (QED) is 0.808. The second-order valence-electron chi connectivity index (χ2n) is 5.33. The second-order valence-corrected chi connectivity index (χ2v) is 5.33. The van der Waals surface area contributed by atoms with Gasteiger partial charge in [0.1, 0.15) is 5.69 Å². The molecule has 1 aromatic heterocycles. The lowest BCUT2D eigenvalue weighted by Crippen LogP contribution is -2.34. The van der Waals surface area contributed by atoms with E-state index in [1.807, 2.05) is 13.8 Å². The van der Waals surface area contributed by atoms with Gasteiger partial charge in [0.25, 0.3) is 5.91 Å². The number of amides is 3. The molecule has 23 heavy (non-hydrogen) atoms. The van der Waals surface area contributed by atoms with Gasteiger partial charge in [-0.3, -0.25) is 9.78 Å². The van der Waals surface area contributed by atoms with E-state index in [1.54, 1.807) is 31.2 Å². The summed E-state index contributed by atoms with van der Waals surface area (Å²) >= 11 is 0. The van der Waals surface area contributed by atoms with Crippen molar-refractivity contribution in [1.82, 2.24) is 15.3 Å². The predicted octanol–water partition coefficient (Wildman–Crippen LogP) is 2.57. The van der Waals surface area contributed by atoms with Crippen LogP contribution in [0.4, 0.5) is 16.2 Å². The summed E-state index contributed by atoms with van der Waals surface area (Å²) in [4.78, 5) is 31.7. The number of carbonyl (C=O) groups excluding carboxylic acids is 2. The Morgan fingerprint density at radius 2 is 1.57 bits per heavy atom. The summed E-state index contributed by atoms with van der Waals surface area (Å²) in [5.74, 6) is -0.337. The molecule has 0 radical (unpaired) electrons. The van der Waals surface area contributed by atoms with E-state index in [1.165, 1.54) is 12.4 Å². The predicted molar refractivity (Wildman–Crippen MR) is 88.5 cm³/mol. The van der Waals surface area contributed by atoms with E-state index in [4.69, 9.17) is 0 Å². The van der Waals surface area contributed by atoms with Crippen LogP contribution in [0.3, 0.4) is 0 Å². The minimum Gasteiger partial charge on any atom is -0.336 e. The summed E-state index contributed by atoms with van der Waals surface area (Å²) < 4.78 is 0. The van der Waals surface area contributed by atoms with Gasteiger partial charge in [-0.15, -0.1) is 0 Å². The highest BCUT2D eigenvalue weighted by Crippen LogP contribution is 2.14. The molecule has 2 rings (SSSR count). The monoisotopic (exact) mass is 313 g/mol. The Balaban J connectivity index is 1.95. The number of carbonyl (C=O) groups is 2. The van der Waals surface area contributed by atoms with Gasteiger partial charge in [0.05, 0.1) is 11.9 Å². The standard InChI is InChI=1S/C16H19N5O2/c1-10(2)19-16(23)21-13-6-4-12(5-7-13)20-15(22)14-9-17-11(3)8-18-14/h4-10H,1-3H3,(H,20,22)(H2,19,21,23).